The summed E-state index contributed by atoms with van der Waals surface area (Å²) < 4.78 is 0. The van der Waals surface area contributed by atoms with E-state index < -0.39 is 0 Å². The van der Waals surface area contributed by atoms with Crippen molar-refractivity contribution in [2.24, 2.45) is 11.1 Å². The zero-order valence-corrected chi connectivity index (χ0v) is 6.51. The van der Waals surface area contributed by atoms with Crippen molar-refractivity contribution >= 4 is 6.21 Å². The molecule has 60 valence electrons. The Balaban J connectivity index is 2.27. The molecule has 0 radical (unpaired) electrons. The summed E-state index contributed by atoms with van der Waals surface area (Å²) in [7, 11) is 0. The van der Waals surface area contributed by atoms with Crippen molar-refractivity contribution in [3.05, 3.63) is 47.6 Å². The molecule has 0 bridgehead atoms. The number of allylic oxidation sites excluding steroid dienone is 8. The number of hydrogen-bond acceptors (Lipinski definition) is 2. The van der Waals surface area contributed by atoms with Crippen molar-refractivity contribution in [2.75, 3.05) is 0 Å². The molecule has 0 aliphatic heterocycles. The standard InChI is InChI=1S/C10H9NO/c12-11-7-8-4-5-9-2-1-3-10(9)6-8/h1-8,12H. The fraction of sp³-hybridized carbons (Fsp3) is 0.100. The van der Waals surface area contributed by atoms with Gasteiger partial charge in [0.15, 0.2) is 0 Å². The van der Waals surface area contributed by atoms with Crippen molar-refractivity contribution in [1.29, 1.82) is 0 Å². The average molecular weight is 159 g/mol. The van der Waals surface area contributed by atoms with E-state index in [0.717, 1.165) is 0 Å². The summed E-state index contributed by atoms with van der Waals surface area (Å²) >= 11 is 0. The molecule has 0 aromatic carbocycles. The van der Waals surface area contributed by atoms with Crippen LogP contribution in [0, 0.1) is 5.92 Å². The first-order valence-corrected chi connectivity index (χ1v) is 3.86. The average Bonchev–Trinajstić information content (AvgIpc) is 2.51. The molecular formula is C10H9NO. The van der Waals surface area contributed by atoms with E-state index >= 15 is 0 Å². The van der Waals surface area contributed by atoms with Crippen LogP contribution in [0.1, 0.15) is 0 Å². The van der Waals surface area contributed by atoms with Gasteiger partial charge in [0.2, 0.25) is 0 Å². The van der Waals surface area contributed by atoms with Crippen LogP contribution in [0.3, 0.4) is 0 Å². The van der Waals surface area contributed by atoms with Gasteiger partial charge in [0.05, 0.1) is 6.21 Å². The van der Waals surface area contributed by atoms with E-state index in [4.69, 9.17) is 5.21 Å². The van der Waals surface area contributed by atoms with Gasteiger partial charge in [-0.25, -0.2) is 0 Å². The Morgan fingerprint density at radius 3 is 3.08 bits per heavy atom. The minimum absolute atomic E-state index is 0.130. The van der Waals surface area contributed by atoms with E-state index in [2.05, 4.69) is 23.4 Å². The van der Waals surface area contributed by atoms with Gasteiger partial charge in [-0.2, -0.15) is 0 Å². The smallest absolute Gasteiger partial charge is 0.0542 e. The summed E-state index contributed by atoms with van der Waals surface area (Å²) in [6, 6.07) is 0. The second-order valence-corrected chi connectivity index (χ2v) is 2.80. The van der Waals surface area contributed by atoms with E-state index in [0.29, 0.717) is 0 Å². The van der Waals surface area contributed by atoms with Crippen LogP contribution in [-0.2, 0) is 0 Å². The molecule has 0 fully saturated rings. The van der Waals surface area contributed by atoms with Crippen LogP contribution < -0.4 is 0 Å². The molecule has 0 amide bonds. The van der Waals surface area contributed by atoms with E-state index in [-0.39, 0.29) is 5.92 Å². The minimum Gasteiger partial charge on any atom is -0.411 e. The Labute approximate surface area is 70.9 Å². The molecule has 2 heteroatoms. The van der Waals surface area contributed by atoms with Crippen molar-refractivity contribution in [1.82, 2.24) is 0 Å². The van der Waals surface area contributed by atoms with Gasteiger partial charge in [0, 0.05) is 5.92 Å². The molecule has 0 saturated heterocycles. The predicted molar refractivity (Wildman–Crippen MR) is 48.2 cm³/mol. The number of oxime groups is 1. The lowest BCUT2D eigenvalue weighted by Crippen LogP contribution is -1.99. The second-order valence-electron chi connectivity index (χ2n) is 2.80. The highest BCUT2D eigenvalue weighted by Gasteiger charge is 2.10. The van der Waals surface area contributed by atoms with Gasteiger partial charge in [-0.1, -0.05) is 36.5 Å². The number of nitrogens with zero attached hydrogens (tertiary/aromatic N) is 1. The highest BCUT2D eigenvalue weighted by Crippen LogP contribution is 2.25. The Bertz CT molecular complexity index is 332. The lowest BCUT2D eigenvalue weighted by Gasteiger charge is -2.09. The molecule has 0 spiro atoms. The minimum atomic E-state index is 0.130. The fourth-order valence-electron chi connectivity index (χ4n) is 1.40. The van der Waals surface area contributed by atoms with Gasteiger partial charge < -0.3 is 5.21 Å². The van der Waals surface area contributed by atoms with Gasteiger partial charge in [-0.05, 0) is 11.1 Å². The zero-order valence-electron chi connectivity index (χ0n) is 6.51. The molecule has 2 aliphatic rings. The topological polar surface area (TPSA) is 32.6 Å². The van der Waals surface area contributed by atoms with Crippen LogP contribution in [0.2, 0.25) is 0 Å². The van der Waals surface area contributed by atoms with Gasteiger partial charge in [0.25, 0.3) is 0 Å². The fourth-order valence-corrected chi connectivity index (χ4v) is 1.40. The van der Waals surface area contributed by atoms with Gasteiger partial charge in [0.1, 0.15) is 0 Å². The van der Waals surface area contributed by atoms with Gasteiger partial charge >= 0.3 is 0 Å². The molecule has 12 heavy (non-hydrogen) atoms. The van der Waals surface area contributed by atoms with Crippen LogP contribution >= 0.6 is 0 Å². The molecule has 1 unspecified atom stereocenters. The van der Waals surface area contributed by atoms with Crippen molar-refractivity contribution in [2.45, 2.75) is 0 Å². The van der Waals surface area contributed by atoms with E-state index in [1.54, 1.807) is 0 Å². The van der Waals surface area contributed by atoms with Crippen LogP contribution in [-0.4, -0.2) is 11.4 Å². The molecule has 0 heterocycles. The summed E-state index contributed by atoms with van der Waals surface area (Å²) in [5.74, 6) is 0.130. The largest absolute Gasteiger partial charge is 0.411 e. The lowest BCUT2D eigenvalue weighted by molar-refractivity contribution is 0.320. The molecule has 0 aromatic heterocycles. The van der Waals surface area contributed by atoms with Crippen LogP contribution in [0.4, 0.5) is 0 Å². The maximum absolute atomic E-state index is 8.33. The first-order valence-electron chi connectivity index (χ1n) is 3.86. The molecule has 2 aliphatic carbocycles. The molecule has 1 atom stereocenters. The second kappa shape index (κ2) is 2.81. The quantitative estimate of drug-likeness (QED) is 0.354. The highest BCUT2D eigenvalue weighted by molar-refractivity contribution is 5.70. The first kappa shape index (κ1) is 7.10. The Morgan fingerprint density at radius 1 is 1.33 bits per heavy atom. The van der Waals surface area contributed by atoms with Crippen molar-refractivity contribution in [3.63, 3.8) is 0 Å². The van der Waals surface area contributed by atoms with Crippen LogP contribution in [0.25, 0.3) is 0 Å². The summed E-state index contributed by atoms with van der Waals surface area (Å²) in [6.45, 7) is 0. The molecular weight excluding hydrogens is 150 g/mol. The summed E-state index contributed by atoms with van der Waals surface area (Å²) in [4.78, 5) is 0. The molecule has 2 nitrogen and oxygen atoms in total. The molecule has 0 saturated carbocycles. The van der Waals surface area contributed by atoms with Crippen LogP contribution in [0.5, 0.6) is 0 Å². The van der Waals surface area contributed by atoms with Gasteiger partial charge in [-0.15, -0.1) is 5.16 Å². The summed E-state index contributed by atoms with van der Waals surface area (Å²) in [5.41, 5.74) is 2.44. The van der Waals surface area contributed by atoms with E-state index in [1.165, 1.54) is 17.4 Å². The maximum Gasteiger partial charge on any atom is 0.0542 e. The lowest BCUT2D eigenvalue weighted by atomic mass is 9.96. The third kappa shape index (κ3) is 1.11. The van der Waals surface area contributed by atoms with Gasteiger partial charge in [-0.3, -0.25) is 0 Å². The third-order valence-electron chi connectivity index (χ3n) is 1.99. The monoisotopic (exact) mass is 159 g/mol. The number of fused-ring (bicyclic) bond motifs is 1. The highest BCUT2D eigenvalue weighted by atomic mass is 16.4. The Hall–Kier alpha value is -1.57. The predicted octanol–water partition coefficient (Wildman–Crippen LogP) is 2.05. The zero-order chi connectivity index (χ0) is 8.39. The summed E-state index contributed by atoms with van der Waals surface area (Å²) in [5, 5.41) is 11.3. The maximum atomic E-state index is 8.33. The normalized spacial score (nSPS) is 25.8. The molecule has 2 rings (SSSR count). The summed E-state index contributed by atoms with van der Waals surface area (Å²) in [6.07, 6.45) is 13.8. The number of hydrogen-bond donors (Lipinski definition) is 1. The first-order chi connectivity index (χ1) is 5.90. The Morgan fingerprint density at radius 2 is 2.25 bits per heavy atom. The van der Waals surface area contributed by atoms with Crippen molar-refractivity contribution < 1.29 is 5.21 Å². The van der Waals surface area contributed by atoms with E-state index in [9.17, 15) is 0 Å². The van der Waals surface area contributed by atoms with Crippen LogP contribution in [0.15, 0.2) is 52.8 Å². The van der Waals surface area contributed by atoms with Crippen molar-refractivity contribution in [3.8, 4) is 0 Å². The number of rotatable bonds is 1. The molecule has 0 aromatic rings. The molecule has 1 N–H and O–H groups in total. The third-order valence-corrected chi connectivity index (χ3v) is 1.99. The van der Waals surface area contributed by atoms with E-state index in [1.807, 2.05) is 18.2 Å². The Kier molecular flexibility index (Phi) is 1.67. The SMILES string of the molecule is ON=CC1C=CC2=CC=CC2=C1.